The van der Waals surface area contributed by atoms with E-state index in [0.29, 0.717) is 17.3 Å². The highest BCUT2D eigenvalue weighted by molar-refractivity contribution is 5.81. The highest BCUT2D eigenvalue weighted by Gasteiger charge is 2.25. The summed E-state index contributed by atoms with van der Waals surface area (Å²) in [5.41, 5.74) is 1.41. The Morgan fingerprint density at radius 1 is 1.11 bits per heavy atom. The molecule has 1 N–H and O–H groups in total. The Morgan fingerprint density at radius 3 is 2.43 bits per heavy atom. The number of nitrogens with one attached hydrogen (secondary N) is 1. The van der Waals surface area contributed by atoms with Crippen molar-refractivity contribution in [1.82, 2.24) is 15.3 Å². The molecule has 0 fully saturated rings. The number of hydrogen-bond acceptors (Lipinski definition) is 7. The molecule has 1 unspecified atom stereocenters. The van der Waals surface area contributed by atoms with Gasteiger partial charge in [0.25, 0.3) is 0 Å². The smallest absolute Gasteiger partial charge is 0.408 e. The van der Waals surface area contributed by atoms with E-state index in [1.54, 1.807) is 46.2 Å². The molecule has 0 saturated heterocycles. The third-order valence-electron chi connectivity index (χ3n) is 3.64. The summed E-state index contributed by atoms with van der Waals surface area (Å²) in [5.74, 6) is -0.0694. The lowest BCUT2D eigenvalue weighted by Crippen LogP contribution is -2.45. The summed E-state index contributed by atoms with van der Waals surface area (Å²) in [6.07, 6.45) is 1.15. The van der Waals surface area contributed by atoms with E-state index in [1.165, 1.54) is 7.11 Å². The molecule has 8 nitrogen and oxygen atoms in total. The molecular weight excluding hydrogens is 362 g/mol. The third kappa shape index (κ3) is 6.22. The second-order valence-corrected chi connectivity index (χ2v) is 7.04. The van der Waals surface area contributed by atoms with Gasteiger partial charge in [-0.25, -0.2) is 14.6 Å². The van der Waals surface area contributed by atoms with Gasteiger partial charge >= 0.3 is 12.1 Å². The van der Waals surface area contributed by atoms with E-state index in [2.05, 4.69) is 15.3 Å². The van der Waals surface area contributed by atoms with Crippen LogP contribution in [0.15, 0.2) is 36.5 Å². The van der Waals surface area contributed by atoms with Crippen LogP contribution in [0.1, 0.15) is 26.3 Å². The van der Waals surface area contributed by atoms with Crippen LogP contribution in [0, 0.1) is 0 Å². The topological polar surface area (TPSA) is 99.6 Å². The summed E-state index contributed by atoms with van der Waals surface area (Å²) in [5, 5.41) is 2.54. The van der Waals surface area contributed by atoms with Gasteiger partial charge in [0.1, 0.15) is 11.6 Å². The van der Waals surface area contributed by atoms with Crippen molar-refractivity contribution in [2.45, 2.75) is 38.8 Å². The van der Waals surface area contributed by atoms with Gasteiger partial charge in [-0.2, -0.15) is 0 Å². The quantitative estimate of drug-likeness (QED) is 0.761. The van der Waals surface area contributed by atoms with Crippen LogP contribution in [0.4, 0.5) is 4.79 Å². The Labute approximate surface area is 164 Å². The molecule has 8 heteroatoms. The first-order valence-electron chi connectivity index (χ1n) is 8.75. The number of rotatable bonds is 6. The molecule has 1 atom stereocenters. The summed E-state index contributed by atoms with van der Waals surface area (Å²) < 4.78 is 15.1. The second-order valence-electron chi connectivity index (χ2n) is 7.04. The van der Waals surface area contributed by atoms with Gasteiger partial charge in [0.05, 0.1) is 25.6 Å². The molecule has 1 amide bonds. The van der Waals surface area contributed by atoms with E-state index in [0.717, 1.165) is 5.56 Å². The first-order chi connectivity index (χ1) is 13.2. The number of alkyl carbamates (subject to hydrolysis) is 1. The van der Waals surface area contributed by atoms with E-state index >= 15 is 0 Å². The molecular formula is C20H25N3O5. The number of methoxy groups -OCH3 is 2. The summed E-state index contributed by atoms with van der Waals surface area (Å²) in [6.45, 7) is 5.24. The average molecular weight is 387 g/mol. The molecule has 0 spiro atoms. The lowest BCUT2D eigenvalue weighted by atomic mass is 10.1. The van der Waals surface area contributed by atoms with E-state index in [9.17, 15) is 9.59 Å². The molecule has 0 aromatic carbocycles. The first kappa shape index (κ1) is 21.1. The summed E-state index contributed by atoms with van der Waals surface area (Å²) in [4.78, 5) is 32.8. The van der Waals surface area contributed by atoms with Crippen LogP contribution in [-0.2, 0) is 20.7 Å². The minimum absolute atomic E-state index is 0.213. The summed E-state index contributed by atoms with van der Waals surface area (Å²) in [6, 6.07) is 8.12. The number of hydrogen-bond donors (Lipinski definition) is 1. The first-order valence-corrected chi connectivity index (χ1v) is 8.75. The van der Waals surface area contributed by atoms with Gasteiger partial charge in [-0.15, -0.1) is 0 Å². The maximum Gasteiger partial charge on any atom is 0.408 e. The van der Waals surface area contributed by atoms with Crippen LogP contribution in [-0.4, -0.2) is 47.9 Å². The van der Waals surface area contributed by atoms with Crippen molar-refractivity contribution < 1.29 is 23.8 Å². The maximum atomic E-state index is 12.0. The molecule has 0 aliphatic heterocycles. The van der Waals surface area contributed by atoms with Crippen molar-refractivity contribution in [3.05, 3.63) is 42.1 Å². The number of carbonyl (C=O) groups excluding carboxylic acids is 2. The van der Waals surface area contributed by atoms with Crippen LogP contribution in [0.5, 0.6) is 5.88 Å². The molecule has 0 aliphatic rings. The number of esters is 1. The van der Waals surface area contributed by atoms with Gasteiger partial charge < -0.3 is 19.5 Å². The van der Waals surface area contributed by atoms with E-state index in [4.69, 9.17) is 14.2 Å². The van der Waals surface area contributed by atoms with E-state index < -0.39 is 23.7 Å². The Morgan fingerprint density at radius 2 is 1.86 bits per heavy atom. The standard InChI is InChI=1S/C20H25N3O5/c1-20(2,3)28-19(25)23-16(18(24)27-5)11-13-9-10-14(21-12-13)15-7-6-8-17(22-15)26-4/h6-10,12,16H,11H2,1-5H3,(H,23,25). The van der Waals surface area contributed by atoms with Crippen LogP contribution in [0.3, 0.4) is 0 Å². The van der Waals surface area contributed by atoms with Crippen molar-refractivity contribution in [2.75, 3.05) is 14.2 Å². The molecule has 2 heterocycles. The highest BCUT2D eigenvalue weighted by atomic mass is 16.6. The van der Waals surface area contributed by atoms with Crippen molar-refractivity contribution >= 4 is 12.1 Å². The van der Waals surface area contributed by atoms with Gasteiger partial charge in [-0.1, -0.05) is 12.1 Å². The number of carbonyl (C=O) groups is 2. The van der Waals surface area contributed by atoms with Gasteiger partial charge in [0.15, 0.2) is 0 Å². The fourth-order valence-electron chi connectivity index (χ4n) is 2.39. The Bertz CT molecular complexity index is 815. The maximum absolute atomic E-state index is 12.0. The SMILES string of the molecule is COC(=O)C(Cc1ccc(-c2cccc(OC)n2)nc1)NC(=O)OC(C)(C)C. The van der Waals surface area contributed by atoms with Crippen LogP contribution in [0.25, 0.3) is 11.4 Å². The molecule has 0 bridgehead atoms. The molecule has 28 heavy (non-hydrogen) atoms. The molecule has 2 rings (SSSR count). The zero-order chi connectivity index (χ0) is 20.7. The summed E-state index contributed by atoms with van der Waals surface area (Å²) >= 11 is 0. The zero-order valence-electron chi connectivity index (χ0n) is 16.7. The highest BCUT2D eigenvalue weighted by Crippen LogP contribution is 2.18. The van der Waals surface area contributed by atoms with Gasteiger partial charge in [0, 0.05) is 18.7 Å². The fourth-order valence-corrected chi connectivity index (χ4v) is 2.39. The van der Waals surface area contributed by atoms with Gasteiger partial charge in [-0.3, -0.25) is 4.98 Å². The van der Waals surface area contributed by atoms with Crippen LogP contribution >= 0.6 is 0 Å². The van der Waals surface area contributed by atoms with Crippen LogP contribution < -0.4 is 10.1 Å². The van der Waals surface area contributed by atoms with Gasteiger partial charge in [0.2, 0.25) is 5.88 Å². The lowest BCUT2D eigenvalue weighted by Gasteiger charge is -2.22. The largest absolute Gasteiger partial charge is 0.481 e. The monoisotopic (exact) mass is 387 g/mol. The van der Waals surface area contributed by atoms with Crippen molar-refractivity contribution in [1.29, 1.82) is 0 Å². The van der Waals surface area contributed by atoms with Gasteiger partial charge in [-0.05, 0) is 38.5 Å². The number of ether oxygens (including phenoxy) is 3. The van der Waals surface area contributed by atoms with Crippen molar-refractivity contribution in [3.63, 3.8) is 0 Å². The molecule has 0 saturated carbocycles. The second kappa shape index (κ2) is 9.16. The average Bonchev–Trinajstić information content (AvgIpc) is 2.66. The van der Waals surface area contributed by atoms with Crippen LogP contribution in [0.2, 0.25) is 0 Å². The number of aromatic nitrogens is 2. The summed E-state index contributed by atoms with van der Waals surface area (Å²) in [7, 11) is 2.81. The molecule has 0 radical (unpaired) electrons. The minimum Gasteiger partial charge on any atom is -0.481 e. The number of nitrogens with zero attached hydrogens (tertiary/aromatic N) is 2. The minimum atomic E-state index is -0.887. The number of amides is 1. The van der Waals surface area contributed by atoms with E-state index in [-0.39, 0.29) is 6.42 Å². The predicted octanol–water partition coefficient (Wildman–Crippen LogP) is 2.76. The fraction of sp³-hybridized carbons (Fsp3) is 0.400. The molecule has 0 aliphatic carbocycles. The normalized spacial score (nSPS) is 12.0. The number of pyridine rings is 2. The predicted molar refractivity (Wildman–Crippen MR) is 103 cm³/mol. The third-order valence-corrected chi connectivity index (χ3v) is 3.64. The van der Waals surface area contributed by atoms with Crippen molar-refractivity contribution in [3.8, 4) is 17.3 Å². The van der Waals surface area contributed by atoms with E-state index in [1.807, 2.05) is 18.2 Å². The Kier molecular flexibility index (Phi) is 6.92. The molecule has 150 valence electrons. The van der Waals surface area contributed by atoms with Crippen molar-refractivity contribution in [2.24, 2.45) is 0 Å². The lowest BCUT2D eigenvalue weighted by molar-refractivity contribution is -0.143. The zero-order valence-corrected chi connectivity index (χ0v) is 16.7. The Hall–Kier alpha value is -3.16. The molecule has 2 aromatic rings. The Balaban J connectivity index is 2.11. The molecule has 2 aromatic heterocycles.